The van der Waals surface area contributed by atoms with Crippen molar-refractivity contribution >= 4 is 11.0 Å². The van der Waals surface area contributed by atoms with Crippen LogP contribution in [0.2, 0.25) is 0 Å². The molecule has 41 heavy (non-hydrogen) atoms. The van der Waals surface area contributed by atoms with Gasteiger partial charge in [-0.15, -0.1) is 0 Å². The number of fused-ring (bicyclic) bond motifs is 1. The Hall–Kier alpha value is -5.75. The second kappa shape index (κ2) is 10.8. The molecule has 6 nitrogen and oxygen atoms in total. The van der Waals surface area contributed by atoms with Crippen LogP contribution in [0.5, 0.6) is 11.5 Å². The zero-order valence-electron chi connectivity index (χ0n) is 21.9. The number of hydrogen-bond donors (Lipinski definition) is 0. The summed E-state index contributed by atoms with van der Waals surface area (Å²) in [6, 6.07) is 41.7. The molecule has 2 aromatic heterocycles. The van der Waals surface area contributed by atoms with Gasteiger partial charge in [0.05, 0.1) is 11.0 Å². The van der Waals surface area contributed by atoms with E-state index in [9.17, 15) is 0 Å². The van der Waals surface area contributed by atoms with Crippen LogP contribution in [0.4, 0.5) is 0 Å². The molecule has 0 saturated carbocycles. The molecule has 0 fully saturated rings. The molecule has 0 N–H and O–H groups in total. The molecule has 0 aliphatic carbocycles. The maximum Gasteiger partial charge on any atom is 0.164 e. The van der Waals surface area contributed by atoms with Crippen LogP contribution in [0.25, 0.3) is 56.3 Å². The van der Waals surface area contributed by atoms with E-state index in [0.717, 1.165) is 50.3 Å². The van der Waals surface area contributed by atoms with E-state index in [-0.39, 0.29) is 0 Å². The van der Waals surface area contributed by atoms with Crippen LogP contribution in [-0.4, -0.2) is 24.9 Å². The van der Waals surface area contributed by atoms with E-state index in [1.54, 1.807) is 12.4 Å². The fourth-order valence-electron chi connectivity index (χ4n) is 4.67. The van der Waals surface area contributed by atoms with Crippen molar-refractivity contribution in [3.8, 4) is 56.8 Å². The third kappa shape index (κ3) is 5.14. The van der Waals surface area contributed by atoms with Crippen molar-refractivity contribution in [2.24, 2.45) is 0 Å². The van der Waals surface area contributed by atoms with E-state index in [4.69, 9.17) is 19.7 Å². The van der Waals surface area contributed by atoms with Gasteiger partial charge in [-0.25, -0.2) is 15.0 Å². The maximum atomic E-state index is 6.15. The minimum absolute atomic E-state index is 0.604. The van der Waals surface area contributed by atoms with Crippen LogP contribution < -0.4 is 4.74 Å². The third-order valence-corrected chi connectivity index (χ3v) is 6.71. The van der Waals surface area contributed by atoms with Crippen molar-refractivity contribution in [3.63, 3.8) is 0 Å². The molecule has 5 aromatic carbocycles. The monoisotopic (exact) mass is 529 g/mol. The Labute approximate surface area is 237 Å². The Balaban J connectivity index is 1.15. The lowest BCUT2D eigenvalue weighted by atomic mass is 10.0. The molecule has 6 heteroatoms. The first-order valence-electron chi connectivity index (χ1n) is 13.3. The van der Waals surface area contributed by atoms with Crippen LogP contribution >= 0.6 is 0 Å². The Kier molecular flexibility index (Phi) is 6.39. The smallest absolute Gasteiger partial charge is 0.164 e. The van der Waals surface area contributed by atoms with Crippen molar-refractivity contribution in [2.75, 3.05) is 0 Å². The molecule has 7 rings (SSSR count). The van der Waals surface area contributed by atoms with Crippen molar-refractivity contribution in [3.05, 3.63) is 140 Å². The Morgan fingerprint density at radius 3 is 1.44 bits per heavy atom. The Bertz CT molecular complexity index is 1880. The number of para-hydroxylation sites is 1. The van der Waals surface area contributed by atoms with Gasteiger partial charge in [-0.1, -0.05) is 84.9 Å². The number of rotatable bonds is 6. The highest BCUT2D eigenvalue weighted by Crippen LogP contribution is 2.31. The second-order valence-electron chi connectivity index (χ2n) is 9.42. The van der Waals surface area contributed by atoms with Gasteiger partial charge in [0.1, 0.15) is 11.5 Å². The normalized spacial score (nSPS) is 10.9. The van der Waals surface area contributed by atoms with Gasteiger partial charge in [0, 0.05) is 34.6 Å². The lowest BCUT2D eigenvalue weighted by molar-refractivity contribution is 0.483. The lowest BCUT2D eigenvalue weighted by Crippen LogP contribution is -2.00. The largest absolute Gasteiger partial charge is 0.457 e. The number of hydrogen-bond acceptors (Lipinski definition) is 6. The van der Waals surface area contributed by atoms with Crippen LogP contribution in [0.1, 0.15) is 0 Å². The minimum Gasteiger partial charge on any atom is -0.457 e. The topological polar surface area (TPSA) is 73.7 Å². The molecule has 0 saturated heterocycles. The van der Waals surface area contributed by atoms with Gasteiger partial charge in [-0.2, -0.15) is 0 Å². The summed E-state index contributed by atoms with van der Waals surface area (Å²) in [7, 11) is 0. The predicted molar refractivity (Wildman–Crippen MR) is 161 cm³/mol. The third-order valence-electron chi connectivity index (χ3n) is 6.71. The quantitative estimate of drug-likeness (QED) is 0.216. The summed E-state index contributed by atoms with van der Waals surface area (Å²) < 4.78 is 6.15. The van der Waals surface area contributed by atoms with Crippen molar-refractivity contribution in [1.82, 2.24) is 24.9 Å². The first-order valence-corrected chi connectivity index (χ1v) is 13.3. The van der Waals surface area contributed by atoms with Gasteiger partial charge in [-0.05, 0) is 48.0 Å². The summed E-state index contributed by atoms with van der Waals surface area (Å²) in [6.45, 7) is 0. The van der Waals surface area contributed by atoms with Gasteiger partial charge in [0.2, 0.25) is 0 Å². The van der Waals surface area contributed by atoms with Crippen molar-refractivity contribution in [1.29, 1.82) is 0 Å². The molecular formula is C35H23N5O. The molecule has 0 bridgehead atoms. The van der Waals surface area contributed by atoms with E-state index in [1.807, 2.05) is 121 Å². The SMILES string of the molecule is c1ccc(-c2nc(-c3ccccc3)nc(-c3ccc(Oc4ccc(-c5cccc6nccnc56)cc4)cc3)n2)cc1. The van der Waals surface area contributed by atoms with E-state index in [2.05, 4.69) is 16.0 Å². The standard InChI is InChI=1S/C35H23N5O/c1-3-8-25(9-4-1)33-38-34(26-10-5-2-6-11-26)40-35(39-33)27-16-20-29(21-17-27)41-28-18-14-24(15-19-28)30-12-7-13-31-32(30)37-23-22-36-31/h1-23H. The summed E-state index contributed by atoms with van der Waals surface area (Å²) >= 11 is 0. The van der Waals surface area contributed by atoms with Crippen LogP contribution in [0.15, 0.2) is 140 Å². The van der Waals surface area contributed by atoms with Crippen LogP contribution in [0, 0.1) is 0 Å². The van der Waals surface area contributed by atoms with E-state index >= 15 is 0 Å². The lowest BCUT2D eigenvalue weighted by Gasteiger charge is -2.10. The highest BCUT2D eigenvalue weighted by Gasteiger charge is 2.12. The zero-order valence-corrected chi connectivity index (χ0v) is 21.9. The maximum absolute atomic E-state index is 6.15. The summed E-state index contributed by atoms with van der Waals surface area (Å²) in [5.41, 5.74) is 6.59. The number of benzene rings is 5. The molecule has 0 atom stereocenters. The molecule has 194 valence electrons. The van der Waals surface area contributed by atoms with E-state index < -0.39 is 0 Å². The second-order valence-corrected chi connectivity index (χ2v) is 9.42. The summed E-state index contributed by atoms with van der Waals surface area (Å²) in [4.78, 5) is 23.3. The molecule has 0 aliphatic heterocycles. The van der Waals surface area contributed by atoms with Crippen LogP contribution in [-0.2, 0) is 0 Å². The van der Waals surface area contributed by atoms with Crippen molar-refractivity contribution < 1.29 is 4.74 Å². The molecule has 0 spiro atoms. The van der Waals surface area contributed by atoms with Gasteiger partial charge in [0.15, 0.2) is 17.5 Å². The summed E-state index contributed by atoms with van der Waals surface area (Å²) in [5.74, 6) is 3.33. The first-order chi connectivity index (χ1) is 20.3. The molecule has 2 heterocycles. The molecule has 0 amide bonds. The number of ether oxygens (including phenoxy) is 1. The molecule has 0 aliphatic rings. The van der Waals surface area contributed by atoms with Gasteiger partial charge >= 0.3 is 0 Å². The fraction of sp³-hybridized carbons (Fsp3) is 0. The summed E-state index contributed by atoms with van der Waals surface area (Å²) in [5, 5.41) is 0. The van der Waals surface area contributed by atoms with Gasteiger partial charge in [0.25, 0.3) is 0 Å². The summed E-state index contributed by atoms with van der Waals surface area (Å²) in [6.07, 6.45) is 3.43. The molecular weight excluding hydrogens is 506 g/mol. The highest BCUT2D eigenvalue weighted by molar-refractivity contribution is 5.91. The van der Waals surface area contributed by atoms with Gasteiger partial charge in [-0.3, -0.25) is 9.97 Å². The number of nitrogens with zero attached hydrogens (tertiary/aromatic N) is 5. The molecule has 0 unspecified atom stereocenters. The molecule has 7 aromatic rings. The average Bonchev–Trinajstić information content (AvgIpc) is 3.06. The Morgan fingerprint density at radius 2 is 0.878 bits per heavy atom. The molecule has 0 radical (unpaired) electrons. The Morgan fingerprint density at radius 1 is 0.390 bits per heavy atom. The van der Waals surface area contributed by atoms with Crippen LogP contribution in [0.3, 0.4) is 0 Å². The van der Waals surface area contributed by atoms with E-state index in [0.29, 0.717) is 17.5 Å². The number of aromatic nitrogens is 5. The van der Waals surface area contributed by atoms with E-state index in [1.165, 1.54) is 0 Å². The first kappa shape index (κ1) is 24.3. The average molecular weight is 530 g/mol. The zero-order chi connectivity index (χ0) is 27.4. The highest BCUT2D eigenvalue weighted by atomic mass is 16.5. The fourth-order valence-corrected chi connectivity index (χ4v) is 4.67. The van der Waals surface area contributed by atoms with Gasteiger partial charge < -0.3 is 4.74 Å². The van der Waals surface area contributed by atoms with Crippen molar-refractivity contribution in [2.45, 2.75) is 0 Å². The minimum atomic E-state index is 0.604. The predicted octanol–water partition coefficient (Wildman–Crippen LogP) is 8.28.